The fourth-order valence-corrected chi connectivity index (χ4v) is 3.62. The predicted molar refractivity (Wildman–Crippen MR) is 108 cm³/mol. The summed E-state index contributed by atoms with van der Waals surface area (Å²) < 4.78 is 19.6. The lowest BCUT2D eigenvalue weighted by Gasteiger charge is -2.28. The molecule has 2 N–H and O–H groups in total. The van der Waals surface area contributed by atoms with Gasteiger partial charge in [-0.15, -0.1) is 11.3 Å². The third kappa shape index (κ3) is 3.39. The zero-order valence-electron chi connectivity index (χ0n) is 14.7. The predicted octanol–water partition coefficient (Wildman–Crippen LogP) is 3.99. The topological polar surface area (TPSA) is 72.0 Å². The zero-order chi connectivity index (χ0) is 18.9. The van der Waals surface area contributed by atoms with E-state index >= 15 is 0 Å². The minimum absolute atomic E-state index is 0.142. The van der Waals surface area contributed by atoms with Crippen molar-refractivity contribution < 1.29 is 9.13 Å². The summed E-state index contributed by atoms with van der Waals surface area (Å²) in [5.41, 5.74) is 2.27. The van der Waals surface area contributed by atoms with Gasteiger partial charge < -0.3 is 15.4 Å². The highest BCUT2D eigenvalue weighted by Crippen LogP contribution is 2.36. The van der Waals surface area contributed by atoms with Gasteiger partial charge in [-0.05, 0) is 24.3 Å². The molecule has 140 valence electrons. The Morgan fingerprint density at radius 3 is 2.86 bits per heavy atom. The van der Waals surface area contributed by atoms with E-state index in [0.717, 1.165) is 40.3 Å². The van der Waals surface area contributed by atoms with Crippen molar-refractivity contribution in [2.75, 3.05) is 18.4 Å². The van der Waals surface area contributed by atoms with E-state index in [-0.39, 0.29) is 11.9 Å². The van der Waals surface area contributed by atoms with Gasteiger partial charge >= 0.3 is 0 Å². The van der Waals surface area contributed by atoms with Gasteiger partial charge in [0.25, 0.3) is 0 Å². The Balaban J connectivity index is 1.53. The number of benzene rings is 2. The molecule has 0 aliphatic carbocycles. The fourth-order valence-electron chi connectivity index (χ4n) is 2.96. The van der Waals surface area contributed by atoms with Gasteiger partial charge in [-0.2, -0.15) is 0 Å². The maximum atomic E-state index is 13.4. The second kappa shape index (κ2) is 7.14. The third-order valence-electron chi connectivity index (χ3n) is 4.46. The van der Waals surface area contributed by atoms with Gasteiger partial charge in [0.15, 0.2) is 0 Å². The average Bonchev–Trinajstić information content (AvgIpc) is 3.18. The molecular weight excluding hydrogens is 377 g/mol. The molecule has 1 fully saturated rings. The summed E-state index contributed by atoms with van der Waals surface area (Å²) in [5.74, 6) is 0.837. The van der Waals surface area contributed by atoms with Crippen molar-refractivity contribution in [1.29, 1.82) is 0 Å². The van der Waals surface area contributed by atoms with Crippen LogP contribution in [0.25, 0.3) is 21.5 Å². The minimum Gasteiger partial charge on any atom is -0.487 e. The van der Waals surface area contributed by atoms with Gasteiger partial charge in [0.1, 0.15) is 22.7 Å². The van der Waals surface area contributed by atoms with Crippen LogP contribution in [-0.2, 0) is 0 Å². The van der Waals surface area contributed by atoms with Gasteiger partial charge in [0.2, 0.25) is 5.95 Å². The minimum atomic E-state index is -0.316. The Morgan fingerprint density at radius 2 is 2.11 bits per heavy atom. The molecule has 0 radical (unpaired) electrons. The van der Waals surface area contributed by atoms with Crippen molar-refractivity contribution in [3.8, 4) is 16.3 Å². The van der Waals surface area contributed by atoms with Crippen molar-refractivity contribution in [3.63, 3.8) is 0 Å². The highest BCUT2D eigenvalue weighted by Gasteiger charge is 2.21. The summed E-state index contributed by atoms with van der Waals surface area (Å²) in [7, 11) is 0. The Hall–Kier alpha value is -3.10. The van der Waals surface area contributed by atoms with Gasteiger partial charge in [-0.25, -0.2) is 19.3 Å². The SMILES string of the molecule is Fc1cccc(Nc2ncc3cc(-c4nccs4)c(OC4CNC4)cc3n2)c1. The Kier molecular flexibility index (Phi) is 4.34. The molecule has 1 aliphatic rings. The molecule has 1 aliphatic heterocycles. The first-order chi connectivity index (χ1) is 13.7. The molecule has 2 aromatic heterocycles. The molecule has 4 aromatic rings. The van der Waals surface area contributed by atoms with Crippen LogP contribution in [0.5, 0.6) is 5.75 Å². The number of nitrogens with zero attached hydrogens (tertiary/aromatic N) is 3. The monoisotopic (exact) mass is 393 g/mol. The number of thiazole rings is 1. The Morgan fingerprint density at radius 1 is 1.18 bits per heavy atom. The van der Waals surface area contributed by atoms with Crippen LogP contribution in [0.2, 0.25) is 0 Å². The molecule has 3 heterocycles. The van der Waals surface area contributed by atoms with E-state index in [2.05, 4.69) is 25.6 Å². The number of fused-ring (bicyclic) bond motifs is 1. The first-order valence-electron chi connectivity index (χ1n) is 8.85. The van der Waals surface area contributed by atoms with Crippen molar-refractivity contribution in [1.82, 2.24) is 20.3 Å². The number of hydrogen-bond acceptors (Lipinski definition) is 7. The summed E-state index contributed by atoms with van der Waals surface area (Å²) in [4.78, 5) is 13.4. The number of hydrogen-bond donors (Lipinski definition) is 2. The molecule has 0 unspecified atom stereocenters. The van der Waals surface area contributed by atoms with E-state index in [1.165, 1.54) is 12.1 Å². The number of nitrogens with one attached hydrogen (secondary N) is 2. The molecule has 2 aromatic carbocycles. The number of ether oxygens (including phenoxy) is 1. The molecule has 0 spiro atoms. The standard InChI is InChI=1S/C20H16FN5OS/c21-13-2-1-3-14(7-13)25-20-24-9-12-6-16(19-23-4-5-28-19)18(8-17(12)26-20)27-15-10-22-11-15/h1-9,15,22H,10-11H2,(H,24,25,26). The van der Waals surface area contributed by atoms with Gasteiger partial charge in [0.05, 0.1) is 11.1 Å². The zero-order valence-corrected chi connectivity index (χ0v) is 15.5. The maximum absolute atomic E-state index is 13.4. The molecule has 0 saturated carbocycles. The first kappa shape index (κ1) is 17.0. The Bertz CT molecular complexity index is 1130. The third-order valence-corrected chi connectivity index (χ3v) is 5.27. The van der Waals surface area contributed by atoms with Crippen molar-refractivity contribution in [3.05, 3.63) is 60.0 Å². The second-order valence-corrected chi connectivity index (χ2v) is 7.37. The second-order valence-electron chi connectivity index (χ2n) is 6.47. The first-order valence-corrected chi connectivity index (χ1v) is 9.73. The lowest BCUT2D eigenvalue weighted by molar-refractivity contribution is 0.143. The van der Waals surface area contributed by atoms with Crippen LogP contribution in [0.3, 0.4) is 0 Å². The molecule has 0 amide bonds. The van der Waals surface area contributed by atoms with Gasteiger partial charge in [-0.1, -0.05) is 6.07 Å². The van der Waals surface area contributed by atoms with Crippen LogP contribution in [0.4, 0.5) is 16.0 Å². The van der Waals surface area contributed by atoms with E-state index < -0.39 is 0 Å². The van der Waals surface area contributed by atoms with Crippen LogP contribution in [0.1, 0.15) is 0 Å². The van der Waals surface area contributed by atoms with E-state index in [4.69, 9.17) is 4.74 Å². The number of anilines is 2. The molecule has 0 bridgehead atoms. The number of halogens is 1. The smallest absolute Gasteiger partial charge is 0.227 e. The van der Waals surface area contributed by atoms with Crippen molar-refractivity contribution in [2.45, 2.75) is 6.10 Å². The molecule has 8 heteroatoms. The van der Waals surface area contributed by atoms with E-state index in [1.54, 1.807) is 35.9 Å². The van der Waals surface area contributed by atoms with Crippen molar-refractivity contribution >= 4 is 33.9 Å². The Labute approximate surface area is 164 Å². The van der Waals surface area contributed by atoms with Crippen molar-refractivity contribution in [2.24, 2.45) is 0 Å². The number of aromatic nitrogens is 3. The molecule has 6 nitrogen and oxygen atoms in total. The molecule has 5 rings (SSSR count). The fraction of sp³-hybridized carbons (Fsp3) is 0.150. The molecule has 28 heavy (non-hydrogen) atoms. The largest absolute Gasteiger partial charge is 0.487 e. The van der Waals surface area contributed by atoms with Crippen LogP contribution >= 0.6 is 11.3 Å². The highest BCUT2D eigenvalue weighted by molar-refractivity contribution is 7.13. The molecule has 0 atom stereocenters. The van der Waals surface area contributed by atoms with Crippen LogP contribution < -0.4 is 15.4 Å². The van der Waals surface area contributed by atoms with Crippen LogP contribution in [0.15, 0.2) is 54.2 Å². The van der Waals surface area contributed by atoms with E-state index in [9.17, 15) is 4.39 Å². The summed E-state index contributed by atoms with van der Waals surface area (Å²) in [6.45, 7) is 1.65. The van der Waals surface area contributed by atoms with Crippen LogP contribution in [-0.4, -0.2) is 34.1 Å². The van der Waals surface area contributed by atoms with E-state index in [1.807, 2.05) is 17.5 Å². The maximum Gasteiger partial charge on any atom is 0.227 e. The lowest BCUT2D eigenvalue weighted by atomic mass is 10.1. The summed E-state index contributed by atoms with van der Waals surface area (Å²) >= 11 is 1.56. The number of rotatable bonds is 5. The van der Waals surface area contributed by atoms with Gasteiger partial charge in [0, 0.05) is 48.0 Å². The molecular formula is C20H16FN5OS. The molecule has 1 saturated heterocycles. The summed E-state index contributed by atoms with van der Waals surface area (Å²) in [6.07, 6.45) is 3.67. The van der Waals surface area contributed by atoms with E-state index in [0.29, 0.717) is 11.6 Å². The lowest BCUT2D eigenvalue weighted by Crippen LogP contribution is -2.50. The summed E-state index contributed by atoms with van der Waals surface area (Å²) in [5, 5.41) is 9.97. The normalized spacial score (nSPS) is 14.0. The highest BCUT2D eigenvalue weighted by atomic mass is 32.1. The summed E-state index contributed by atoms with van der Waals surface area (Å²) in [6, 6.07) is 10.1. The van der Waals surface area contributed by atoms with Gasteiger partial charge in [-0.3, -0.25) is 0 Å². The quantitative estimate of drug-likeness (QED) is 0.534. The average molecular weight is 393 g/mol. The van der Waals surface area contributed by atoms with Crippen LogP contribution in [0, 0.1) is 5.82 Å².